The van der Waals surface area contributed by atoms with Crippen molar-refractivity contribution in [2.45, 2.75) is 51.0 Å². The predicted molar refractivity (Wildman–Crippen MR) is 81.7 cm³/mol. The zero-order chi connectivity index (χ0) is 13.4. The molecule has 2 atom stereocenters. The number of hydrogen-bond donors (Lipinski definition) is 2. The molecule has 1 rings (SSSR count). The molecular formula is C15H26N2S. The van der Waals surface area contributed by atoms with Crippen molar-refractivity contribution in [2.24, 2.45) is 11.8 Å². The monoisotopic (exact) mass is 266 g/mol. The van der Waals surface area contributed by atoms with E-state index in [0.717, 1.165) is 18.1 Å². The molecule has 102 valence electrons. The molecule has 2 unspecified atom stereocenters. The van der Waals surface area contributed by atoms with Crippen LogP contribution in [0.3, 0.4) is 0 Å². The zero-order valence-electron chi connectivity index (χ0n) is 11.8. The summed E-state index contributed by atoms with van der Waals surface area (Å²) in [6, 6.07) is 9.09. The van der Waals surface area contributed by atoms with Gasteiger partial charge in [0.15, 0.2) is 0 Å². The van der Waals surface area contributed by atoms with Gasteiger partial charge in [0.05, 0.1) is 0 Å². The van der Waals surface area contributed by atoms with Crippen molar-refractivity contribution in [2.75, 3.05) is 5.75 Å². The van der Waals surface area contributed by atoms with Crippen LogP contribution < -0.4 is 11.3 Å². The van der Waals surface area contributed by atoms with E-state index in [-0.39, 0.29) is 0 Å². The largest absolute Gasteiger partial charge is 0.271 e. The Hall–Kier alpha value is -0.510. The summed E-state index contributed by atoms with van der Waals surface area (Å²) in [5.74, 6) is 7.42. The van der Waals surface area contributed by atoms with E-state index in [9.17, 15) is 0 Å². The second kappa shape index (κ2) is 8.57. The first-order chi connectivity index (χ1) is 8.65. The van der Waals surface area contributed by atoms with Crippen molar-refractivity contribution in [3.8, 4) is 0 Å². The fourth-order valence-corrected chi connectivity index (χ4v) is 3.07. The van der Waals surface area contributed by atoms with E-state index in [1.54, 1.807) is 0 Å². The molecule has 0 saturated carbocycles. The average molecular weight is 266 g/mol. The number of hydrogen-bond acceptors (Lipinski definition) is 3. The number of nitrogens with two attached hydrogens (primary N) is 1. The summed E-state index contributed by atoms with van der Waals surface area (Å²) in [4.78, 5) is 1.32. The van der Waals surface area contributed by atoms with Crippen LogP contribution in [0.15, 0.2) is 29.2 Å². The van der Waals surface area contributed by atoms with E-state index >= 15 is 0 Å². The Morgan fingerprint density at radius 2 is 1.94 bits per heavy atom. The van der Waals surface area contributed by atoms with Crippen molar-refractivity contribution in [1.82, 2.24) is 5.43 Å². The molecule has 0 fully saturated rings. The van der Waals surface area contributed by atoms with Gasteiger partial charge in [0.25, 0.3) is 0 Å². The van der Waals surface area contributed by atoms with Crippen molar-refractivity contribution >= 4 is 11.8 Å². The van der Waals surface area contributed by atoms with Gasteiger partial charge >= 0.3 is 0 Å². The third kappa shape index (κ3) is 5.89. The maximum Gasteiger partial charge on any atom is 0.0307 e. The minimum atomic E-state index is 0.401. The van der Waals surface area contributed by atoms with Crippen LogP contribution in [-0.2, 0) is 0 Å². The molecule has 0 saturated heterocycles. The lowest BCUT2D eigenvalue weighted by Gasteiger charge is -2.19. The molecule has 1 aromatic carbocycles. The Kier molecular flexibility index (Phi) is 7.40. The number of benzene rings is 1. The maximum absolute atomic E-state index is 5.64. The standard InChI is InChI=1S/C15H26N2S/c1-4-5-13(3)10-14(17-16)11-18-15-8-6-12(2)7-9-15/h6-9,13-14,17H,4-5,10-11,16H2,1-3H3. The lowest BCUT2D eigenvalue weighted by Crippen LogP contribution is -2.38. The van der Waals surface area contributed by atoms with Gasteiger partial charge < -0.3 is 0 Å². The van der Waals surface area contributed by atoms with Crippen LogP contribution in [0.1, 0.15) is 38.7 Å². The topological polar surface area (TPSA) is 38.0 Å². The third-order valence-electron chi connectivity index (χ3n) is 3.18. The van der Waals surface area contributed by atoms with E-state index in [1.807, 2.05) is 11.8 Å². The van der Waals surface area contributed by atoms with Gasteiger partial charge in [-0.05, 0) is 31.4 Å². The minimum absolute atomic E-state index is 0.401. The fraction of sp³-hybridized carbons (Fsp3) is 0.600. The highest BCUT2D eigenvalue weighted by Gasteiger charge is 2.11. The second-order valence-electron chi connectivity index (χ2n) is 5.12. The van der Waals surface area contributed by atoms with E-state index in [4.69, 9.17) is 5.84 Å². The predicted octanol–water partition coefficient (Wildman–Crippen LogP) is 3.75. The molecule has 0 radical (unpaired) electrons. The van der Waals surface area contributed by atoms with Crippen LogP contribution in [0, 0.1) is 12.8 Å². The normalized spacial score (nSPS) is 14.4. The number of thioether (sulfide) groups is 1. The van der Waals surface area contributed by atoms with E-state index in [0.29, 0.717) is 6.04 Å². The van der Waals surface area contributed by atoms with Crippen molar-refractivity contribution in [1.29, 1.82) is 0 Å². The number of hydrazine groups is 1. The van der Waals surface area contributed by atoms with Gasteiger partial charge in [-0.2, -0.15) is 0 Å². The smallest absolute Gasteiger partial charge is 0.0307 e. The van der Waals surface area contributed by atoms with Gasteiger partial charge in [-0.25, -0.2) is 0 Å². The summed E-state index contributed by atoms with van der Waals surface area (Å²) in [5.41, 5.74) is 4.26. The Balaban J connectivity index is 2.37. The molecule has 3 N–H and O–H groups in total. The highest BCUT2D eigenvalue weighted by Crippen LogP contribution is 2.22. The second-order valence-corrected chi connectivity index (χ2v) is 6.21. The SMILES string of the molecule is CCCC(C)CC(CSc1ccc(C)cc1)NN. The van der Waals surface area contributed by atoms with E-state index < -0.39 is 0 Å². The Morgan fingerprint density at radius 1 is 1.28 bits per heavy atom. The number of rotatable bonds is 8. The zero-order valence-corrected chi connectivity index (χ0v) is 12.6. The van der Waals surface area contributed by atoms with Gasteiger partial charge in [-0.15, -0.1) is 11.8 Å². The quantitative estimate of drug-likeness (QED) is 0.427. The molecule has 18 heavy (non-hydrogen) atoms. The van der Waals surface area contributed by atoms with Gasteiger partial charge in [0.1, 0.15) is 0 Å². The van der Waals surface area contributed by atoms with Crippen LogP contribution in [0.4, 0.5) is 0 Å². The lowest BCUT2D eigenvalue weighted by molar-refractivity contribution is 0.408. The number of aryl methyl sites for hydroxylation is 1. The summed E-state index contributed by atoms with van der Waals surface area (Å²) in [5, 5.41) is 0. The van der Waals surface area contributed by atoms with Crippen LogP contribution >= 0.6 is 11.8 Å². The molecule has 2 nitrogen and oxygen atoms in total. The molecule has 0 amide bonds. The van der Waals surface area contributed by atoms with E-state index in [2.05, 4.69) is 50.5 Å². The van der Waals surface area contributed by atoms with Crippen LogP contribution in [-0.4, -0.2) is 11.8 Å². The van der Waals surface area contributed by atoms with Gasteiger partial charge in [-0.1, -0.05) is 44.4 Å². The molecule has 0 aliphatic carbocycles. The number of nitrogens with one attached hydrogen (secondary N) is 1. The van der Waals surface area contributed by atoms with Crippen LogP contribution in [0.25, 0.3) is 0 Å². The van der Waals surface area contributed by atoms with Crippen molar-refractivity contribution in [3.63, 3.8) is 0 Å². The molecule has 3 heteroatoms. The first-order valence-electron chi connectivity index (χ1n) is 6.81. The molecule has 0 spiro atoms. The Bertz CT molecular complexity index is 324. The van der Waals surface area contributed by atoms with Gasteiger partial charge in [-0.3, -0.25) is 11.3 Å². The van der Waals surface area contributed by atoms with Crippen LogP contribution in [0.5, 0.6) is 0 Å². The van der Waals surface area contributed by atoms with Gasteiger partial charge in [0, 0.05) is 16.7 Å². The average Bonchev–Trinajstić information content (AvgIpc) is 2.36. The molecular weight excluding hydrogens is 240 g/mol. The fourth-order valence-electron chi connectivity index (χ4n) is 2.11. The minimum Gasteiger partial charge on any atom is -0.271 e. The van der Waals surface area contributed by atoms with Crippen LogP contribution in [0.2, 0.25) is 0 Å². The third-order valence-corrected chi connectivity index (χ3v) is 4.35. The molecule has 0 heterocycles. The molecule has 1 aromatic rings. The summed E-state index contributed by atoms with van der Waals surface area (Å²) in [6.07, 6.45) is 3.69. The Morgan fingerprint density at radius 3 is 2.50 bits per heavy atom. The van der Waals surface area contributed by atoms with Crippen molar-refractivity contribution < 1.29 is 0 Å². The summed E-state index contributed by atoms with van der Waals surface area (Å²) >= 11 is 1.88. The lowest BCUT2D eigenvalue weighted by atomic mass is 9.98. The molecule has 0 bridgehead atoms. The Labute approximate surface area is 116 Å². The highest BCUT2D eigenvalue weighted by atomic mass is 32.2. The highest BCUT2D eigenvalue weighted by molar-refractivity contribution is 7.99. The van der Waals surface area contributed by atoms with Crippen molar-refractivity contribution in [3.05, 3.63) is 29.8 Å². The molecule has 0 aliphatic rings. The van der Waals surface area contributed by atoms with E-state index in [1.165, 1.54) is 23.3 Å². The van der Waals surface area contributed by atoms with Gasteiger partial charge in [0.2, 0.25) is 0 Å². The summed E-state index contributed by atoms with van der Waals surface area (Å²) in [7, 11) is 0. The maximum atomic E-state index is 5.64. The summed E-state index contributed by atoms with van der Waals surface area (Å²) < 4.78 is 0. The molecule has 0 aliphatic heterocycles. The molecule has 0 aromatic heterocycles. The first kappa shape index (κ1) is 15.5. The summed E-state index contributed by atoms with van der Waals surface area (Å²) in [6.45, 7) is 6.66. The first-order valence-corrected chi connectivity index (χ1v) is 7.79.